The van der Waals surface area contributed by atoms with Crippen molar-refractivity contribution in [3.05, 3.63) is 35.5 Å². The Morgan fingerprint density at radius 3 is 2.85 bits per heavy atom. The lowest BCUT2D eigenvalue weighted by Crippen LogP contribution is -2.47. The van der Waals surface area contributed by atoms with Crippen LogP contribution in [0.15, 0.2) is 29.4 Å². The first-order valence-corrected chi connectivity index (χ1v) is 9.81. The van der Waals surface area contributed by atoms with Crippen LogP contribution in [-0.2, 0) is 16.0 Å². The fourth-order valence-electron chi connectivity index (χ4n) is 3.80. The maximum Gasteiger partial charge on any atom is 0.309 e. The first kappa shape index (κ1) is 19.3. The van der Waals surface area contributed by atoms with Crippen molar-refractivity contribution in [3.8, 4) is 0 Å². The van der Waals surface area contributed by atoms with Crippen LogP contribution in [0, 0.1) is 12.8 Å². The molecular formula is C21H30N4O2. The van der Waals surface area contributed by atoms with E-state index in [1.165, 1.54) is 22.0 Å². The summed E-state index contributed by atoms with van der Waals surface area (Å²) in [6, 6.07) is 6.40. The SMILES string of the molecule is CCOC(=O)C1CCN(C(=NC)NCCc2c[nH]c3c(C)cccc23)CC1. The fourth-order valence-corrected chi connectivity index (χ4v) is 3.80. The molecule has 0 unspecified atom stereocenters. The number of esters is 1. The van der Waals surface area contributed by atoms with Crippen LogP contribution in [0.3, 0.4) is 0 Å². The molecule has 146 valence electrons. The highest BCUT2D eigenvalue weighted by Gasteiger charge is 2.27. The quantitative estimate of drug-likeness (QED) is 0.482. The second kappa shape index (κ2) is 8.93. The summed E-state index contributed by atoms with van der Waals surface area (Å²) in [6.07, 6.45) is 4.68. The number of nitrogens with zero attached hydrogens (tertiary/aromatic N) is 2. The molecule has 2 heterocycles. The van der Waals surface area contributed by atoms with Gasteiger partial charge in [0.25, 0.3) is 0 Å². The molecular weight excluding hydrogens is 340 g/mol. The minimum Gasteiger partial charge on any atom is -0.466 e. The molecule has 1 aromatic heterocycles. The normalized spacial score (nSPS) is 16.0. The Balaban J connectivity index is 1.51. The van der Waals surface area contributed by atoms with Gasteiger partial charge in [0.05, 0.1) is 12.5 Å². The van der Waals surface area contributed by atoms with Crippen LogP contribution in [0.2, 0.25) is 0 Å². The number of nitrogens with one attached hydrogen (secondary N) is 2. The van der Waals surface area contributed by atoms with Gasteiger partial charge in [0.15, 0.2) is 5.96 Å². The lowest BCUT2D eigenvalue weighted by Gasteiger charge is -2.33. The van der Waals surface area contributed by atoms with E-state index in [-0.39, 0.29) is 11.9 Å². The van der Waals surface area contributed by atoms with Gasteiger partial charge in [0.2, 0.25) is 0 Å². The number of hydrogen-bond acceptors (Lipinski definition) is 3. The third-order valence-corrected chi connectivity index (χ3v) is 5.31. The molecule has 1 aromatic carbocycles. The number of ether oxygens (including phenoxy) is 1. The molecule has 3 rings (SSSR count). The molecule has 0 saturated carbocycles. The number of aromatic nitrogens is 1. The summed E-state index contributed by atoms with van der Waals surface area (Å²) in [4.78, 5) is 21.9. The highest BCUT2D eigenvalue weighted by atomic mass is 16.5. The molecule has 0 spiro atoms. The van der Waals surface area contributed by atoms with Crippen molar-refractivity contribution < 1.29 is 9.53 Å². The average molecular weight is 370 g/mol. The second-order valence-corrected chi connectivity index (χ2v) is 7.05. The van der Waals surface area contributed by atoms with Crippen molar-refractivity contribution in [3.63, 3.8) is 0 Å². The predicted molar refractivity (Wildman–Crippen MR) is 109 cm³/mol. The van der Waals surface area contributed by atoms with Crippen molar-refractivity contribution in [2.45, 2.75) is 33.1 Å². The van der Waals surface area contributed by atoms with Crippen LogP contribution in [0.25, 0.3) is 10.9 Å². The second-order valence-electron chi connectivity index (χ2n) is 7.05. The standard InChI is InChI=1S/C21H30N4O2/c1-4-27-20(26)16-9-12-25(13-10-16)21(22-3)23-11-8-17-14-24-19-15(2)6-5-7-18(17)19/h5-7,14,16,24H,4,8-13H2,1-3H3,(H,22,23). The van der Waals surface area contributed by atoms with Gasteiger partial charge in [-0.3, -0.25) is 9.79 Å². The van der Waals surface area contributed by atoms with Gasteiger partial charge in [-0.05, 0) is 44.2 Å². The molecule has 1 fully saturated rings. The Bertz CT molecular complexity index is 804. The summed E-state index contributed by atoms with van der Waals surface area (Å²) in [5.74, 6) is 0.872. The predicted octanol–water partition coefficient (Wildman–Crippen LogP) is 2.87. The number of hydrogen-bond donors (Lipinski definition) is 2. The van der Waals surface area contributed by atoms with Crippen molar-refractivity contribution >= 4 is 22.8 Å². The van der Waals surface area contributed by atoms with Crippen molar-refractivity contribution in [2.24, 2.45) is 10.9 Å². The van der Waals surface area contributed by atoms with Crippen LogP contribution in [0.5, 0.6) is 0 Å². The molecule has 2 aromatic rings. The smallest absolute Gasteiger partial charge is 0.309 e. The summed E-state index contributed by atoms with van der Waals surface area (Å²) in [7, 11) is 1.81. The lowest BCUT2D eigenvalue weighted by molar-refractivity contribution is -0.149. The van der Waals surface area contributed by atoms with E-state index in [2.05, 4.69) is 51.5 Å². The van der Waals surface area contributed by atoms with E-state index in [0.717, 1.165) is 44.9 Å². The number of guanidine groups is 1. The number of rotatable bonds is 5. The average Bonchev–Trinajstić information content (AvgIpc) is 3.10. The number of benzene rings is 1. The number of aromatic amines is 1. The van der Waals surface area contributed by atoms with Gasteiger partial charge < -0.3 is 19.9 Å². The molecule has 0 amide bonds. The Kier molecular flexibility index (Phi) is 6.37. The Labute approximate surface area is 161 Å². The van der Waals surface area contributed by atoms with E-state index in [0.29, 0.717) is 6.61 Å². The maximum atomic E-state index is 11.9. The molecule has 6 heteroatoms. The number of fused-ring (bicyclic) bond motifs is 1. The van der Waals surface area contributed by atoms with Gasteiger partial charge in [0, 0.05) is 43.8 Å². The molecule has 0 atom stereocenters. The maximum absolute atomic E-state index is 11.9. The largest absolute Gasteiger partial charge is 0.466 e. The molecule has 6 nitrogen and oxygen atoms in total. The number of aliphatic imine (C=N–C) groups is 1. The Hall–Kier alpha value is -2.50. The summed E-state index contributed by atoms with van der Waals surface area (Å²) in [5, 5.41) is 4.77. The molecule has 0 radical (unpaired) electrons. The number of carbonyl (C=O) groups excluding carboxylic acids is 1. The minimum atomic E-state index is -0.0604. The zero-order valence-corrected chi connectivity index (χ0v) is 16.5. The van der Waals surface area contributed by atoms with E-state index in [4.69, 9.17) is 4.74 Å². The van der Waals surface area contributed by atoms with Gasteiger partial charge in [-0.1, -0.05) is 18.2 Å². The first-order chi connectivity index (χ1) is 13.1. The van der Waals surface area contributed by atoms with Gasteiger partial charge in [-0.15, -0.1) is 0 Å². The highest BCUT2D eigenvalue weighted by molar-refractivity contribution is 5.86. The molecule has 2 N–H and O–H groups in total. The van der Waals surface area contributed by atoms with E-state index < -0.39 is 0 Å². The number of carbonyl (C=O) groups is 1. The van der Waals surface area contributed by atoms with Crippen LogP contribution >= 0.6 is 0 Å². The molecule has 1 saturated heterocycles. The summed E-state index contributed by atoms with van der Waals surface area (Å²) in [6.45, 7) is 6.92. The summed E-state index contributed by atoms with van der Waals surface area (Å²) < 4.78 is 5.15. The highest BCUT2D eigenvalue weighted by Crippen LogP contribution is 2.21. The van der Waals surface area contributed by atoms with Crippen molar-refractivity contribution in [1.82, 2.24) is 15.2 Å². The number of aryl methyl sites for hydroxylation is 1. The van der Waals surface area contributed by atoms with E-state index in [1.807, 2.05) is 14.0 Å². The van der Waals surface area contributed by atoms with Crippen molar-refractivity contribution in [2.75, 3.05) is 33.3 Å². The first-order valence-electron chi connectivity index (χ1n) is 9.81. The van der Waals surface area contributed by atoms with E-state index in [1.54, 1.807) is 0 Å². The molecule has 1 aliphatic heterocycles. The molecule has 0 bridgehead atoms. The van der Waals surface area contributed by atoms with Gasteiger partial charge >= 0.3 is 5.97 Å². The fraction of sp³-hybridized carbons (Fsp3) is 0.524. The molecule has 1 aliphatic rings. The number of likely N-dealkylation sites (tertiary alicyclic amines) is 1. The van der Waals surface area contributed by atoms with E-state index in [9.17, 15) is 4.79 Å². The molecule has 0 aliphatic carbocycles. The van der Waals surface area contributed by atoms with Gasteiger partial charge in [-0.25, -0.2) is 0 Å². The van der Waals surface area contributed by atoms with Crippen LogP contribution < -0.4 is 5.32 Å². The zero-order chi connectivity index (χ0) is 19.2. The molecule has 27 heavy (non-hydrogen) atoms. The zero-order valence-electron chi connectivity index (χ0n) is 16.5. The van der Waals surface area contributed by atoms with Gasteiger partial charge in [-0.2, -0.15) is 0 Å². The third-order valence-electron chi connectivity index (χ3n) is 5.31. The van der Waals surface area contributed by atoms with E-state index >= 15 is 0 Å². The Morgan fingerprint density at radius 2 is 2.15 bits per heavy atom. The third kappa shape index (κ3) is 4.43. The van der Waals surface area contributed by atoms with Crippen LogP contribution in [0.4, 0.5) is 0 Å². The van der Waals surface area contributed by atoms with Crippen LogP contribution in [-0.4, -0.2) is 55.1 Å². The number of piperidine rings is 1. The minimum absolute atomic E-state index is 0.0220. The number of para-hydroxylation sites is 1. The monoisotopic (exact) mass is 370 g/mol. The number of H-pyrrole nitrogens is 1. The topological polar surface area (TPSA) is 69.7 Å². The summed E-state index contributed by atoms with van der Waals surface area (Å²) >= 11 is 0. The Morgan fingerprint density at radius 1 is 1.37 bits per heavy atom. The van der Waals surface area contributed by atoms with Crippen LogP contribution in [0.1, 0.15) is 30.9 Å². The van der Waals surface area contributed by atoms with Crippen molar-refractivity contribution in [1.29, 1.82) is 0 Å². The lowest BCUT2D eigenvalue weighted by atomic mass is 9.97. The summed E-state index contributed by atoms with van der Waals surface area (Å²) in [5.41, 5.74) is 3.81. The van der Waals surface area contributed by atoms with Gasteiger partial charge in [0.1, 0.15) is 0 Å².